The Hall–Kier alpha value is -3.17. The average Bonchev–Trinajstić information content (AvgIpc) is 3.32. The number of benzene rings is 1. The molecule has 0 radical (unpaired) electrons. The minimum atomic E-state index is -2.74. The van der Waals surface area contributed by atoms with E-state index in [4.69, 9.17) is 20.4 Å². The predicted molar refractivity (Wildman–Crippen MR) is 123 cm³/mol. The van der Waals surface area contributed by atoms with Gasteiger partial charge in [0.2, 0.25) is 0 Å². The molecule has 4 atom stereocenters. The van der Waals surface area contributed by atoms with Crippen LogP contribution >= 0.6 is 0 Å². The van der Waals surface area contributed by atoms with Crippen LogP contribution < -0.4 is 0 Å². The van der Waals surface area contributed by atoms with Crippen LogP contribution in [0.3, 0.4) is 0 Å². The summed E-state index contributed by atoms with van der Waals surface area (Å²) in [6.07, 6.45) is 6.25. The molecule has 4 unspecified atom stereocenters. The van der Waals surface area contributed by atoms with Gasteiger partial charge in [-0.25, -0.2) is 4.79 Å². The minimum Gasteiger partial charge on any atom is -0.481 e. The Bertz CT molecular complexity index is 1120. The summed E-state index contributed by atoms with van der Waals surface area (Å²) in [5.74, 6) is -3.35. The molecule has 0 spiro atoms. The smallest absolute Gasteiger partial charge is 0.336 e. The molecule has 182 valence electrons. The molecule has 0 saturated carbocycles. The molecule has 3 aliphatic rings. The van der Waals surface area contributed by atoms with Gasteiger partial charge in [0.15, 0.2) is 5.60 Å². The van der Waals surface area contributed by atoms with E-state index in [1.165, 1.54) is 42.4 Å². The zero-order valence-corrected chi connectivity index (χ0v) is 19.0. The maximum atomic E-state index is 10.3. The number of fused-ring (bicyclic) bond motifs is 7. The summed E-state index contributed by atoms with van der Waals surface area (Å²) < 4.78 is 0. The summed E-state index contributed by atoms with van der Waals surface area (Å²) >= 11 is 0. The molecule has 0 amide bonds. The fraction of sp³-hybridized carbons (Fsp3) is 0.480. The van der Waals surface area contributed by atoms with Crippen molar-refractivity contribution in [1.29, 1.82) is 0 Å². The predicted octanol–water partition coefficient (Wildman–Crippen LogP) is 2.80. The molecular formula is C25H30N2O7. The number of carboxylic acid groups (broad SMARTS) is 3. The van der Waals surface area contributed by atoms with E-state index in [9.17, 15) is 14.4 Å². The van der Waals surface area contributed by atoms with Crippen LogP contribution in [0.1, 0.15) is 49.9 Å². The Morgan fingerprint density at radius 3 is 2.35 bits per heavy atom. The summed E-state index contributed by atoms with van der Waals surface area (Å²) in [6, 6.07) is 10.1. The maximum absolute atomic E-state index is 10.3. The second-order valence-corrected chi connectivity index (χ2v) is 9.60. The lowest BCUT2D eigenvalue weighted by molar-refractivity contribution is -0.170. The fourth-order valence-corrected chi connectivity index (χ4v) is 5.77. The number of nitrogens with one attached hydrogen (secondary N) is 1. The van der Waals surface area contributed by atoms with Gasteiger partial charge in [0.25, 0.3) is 0 Å². The summed E-state index contributed by atoms with van der Waals surface area (Å²) in [5, 5.41) is 35.3. The lowest BCUT2D eigenvalue weighted by Crippen LogP contribution is -2.42. The highest BCUT2D eigenvalue weighted by molar-refractivity contribution is 5.88. The number of carboxylic acids is 3. The third kappa shape index (κ3) is 4.45. The second-order valence-electron chi connectivity index (χ2n) is 9.60. The van der Waals surface area contributed by atoms with E-state index in [2.05, 4.69) is 53.2 Å². The van der Waals surface area contributed by atoms with Crippen LogP contribution in [0, 0.1) is 11.8 Å². The van der Waals surface area contributed by atoms with E-state index >= 15 is 0 Å². The fourth-order valence-electron chi connectivity index (χ4n) is 5.77. The van der Waals surface area contributed by atoms with Crippen LogP contribution in [0.5, 0.6) is 0 Å². The Morgan fingerprint density at radius 1 is 1.06 bits per heavy atom. The van der Waals surface area contributed by atoms with Crippen molar-refractivity contribution in [2.24, 2.45) is 11.8 Å². The lowest BCUT2D eigenvalue weighted by atomic mass is 9.79. The molecule has 9 heteroatoms. The number of H-pyrrole nitrogens is 1. The van der Waals surface area contributed by atoms with Gasteiger partial charge < -0.3 is 25.4 Å². The molecule has 1 aromatic heterocycles. The highest BCUT2D eigenvalue weighted by atomic mass is 16.4. The highest BCUT2D eigenvalue weighted by Crippen LogP contribution is 2.51. The summed E-state index contributed by atoms with van der Waals surface area (Å²) in [5.41, 5.74) is 1.70. The molecule has 9 nitrogen and oxygen atoms in total. The van der Waals surface area contributed by atoms with E-state index in [-0.39, 0.29) is 0 Å². The van der Waals surface area contributed by atoms with E-state index in [0.29, 0.717) is 12.1 Å². The van der Waals surface area contributed by atoms with Crippen molar-refractivity contribution in [3.63, 3.8) is 0 Å². The van der Waals surface area contributed by atoms with Gasteiger partial charge in [0.05, 0.1) is 18.9 Å². The van der Waals surface area contributed by atoms with Gasteiger partial charge in [0.1, 0.15) is 0 Å². The average molecular weight is 471 g/mol. The molecule has 0 bridgehead atoms. The number of rotatable bonds is 5. The number of allylic oxidation sites excluding steroid dienone is 2. The number of hydrogen-bond donors (Lipinski definition) is 5. The van der Waals surface area contributed by atoms with Crippen LogP contribution in [0.2, 0.25) is 0 Å². The van der Waals surface area contributed by atoms with Gasteiger partial charge in [-0.2, -0.15) is 0 Å². The first-order valence-corrected chi connectivity index (χ1v) is 11.5. The van der Waals surface area contributed by atoms with Crippen LogP contribution in [0.4, 0.5) is 0 Å². The molecule has 2 aromatic rings. The molecule has 5 N–H and O–H groups in total. The molecule has 1 aliphatic carbocycles. The number of carbonyl (C=O) groups is 3. The summed E-state index contributed by atoms with van der Waals surface area (Å²) in [6.45, 7) is 3.71. The molecule has 5 rings (SSSR count). The largest absolute Gasteiger partial charge is 0.481 e. The Kier molecular flexibility index (Phi) is 6.51. The molecule has 2 aliphatic heterocycles. The maximum Gasteiger partial charge on any atom is 0.336 e. The second kappa shape index (κ2) is 9.23. The summed E-state index contributed by atoms with van der Waals surface area (Å²) in [4.78, 5) is 37.0. The molecule has 3 heterocycles. The first kappa shape index (κ1) is 24.0. The molecular weight excluding hydrogens is 440 g/mol. The van der Waals surface area contributed by atoms with Gasteiger partial charge in [-0.05, 0) is 49.7 Å². The number of aromatic nitrogens is 1. The number of aliphatic carboxylic acids is 3. The Labute approximate surface area is 196 Å². The minimum absolute atomic E-state index is 0.617. The molecule has 1 saturated heterocycles. The third-order valence-electron chi connectivity index (χ3n) is 7.32. The Balaban J connectivity index is 0.000000185. The highest BCUT2D eigenvalue weighted by Gasteiger charge is 2.47. The molecule has 1 fully saturated rings. The zero-order valence-electron chi connectivity index (χ0n) is 19.0. The van der Waals surface area contributed by atoms with Crippen LogP contribution in [-0.2, 0) is 20.8 Å². The van der Waals surface area contributed by atoms with Crippen molar-refractivity contribution in [2.45, 2.75) is 56.7 Å². The number of nitrogens with zero attached hydrogens (tertiary/aromatic N) is 1. The van der Waals surface area contributed by atoms with Crippen LogP contribution in [-0.4, -0.2) is 66.4 Å². The normalized spacial score (nSPS) is 25.6. The van der Waals surface area contributed by atoms with Crippen LogP contribution in [0.15, 0.2) is 36.4 Å². The monoisotopic (exact) mass is 470 g/mol. The van der Waals surface area contributed by atoms with Crippen molar-refractivity contribution in [2.75, 3.05) is 6.54 Å². The first-order valence-electron chi connectivity index (χ1n) is 11.5. The topological polar surface area (TPSA) is 151 Å². The standard InChI is InChI=1S/C19H22N2.C6H8O7/c1-12-10-16-15-8-4-5-9-17(15)20-18(16)19-14-7-3-2-6-13(14)11-21(12)19;7-3(8)1-6(13,5(11)12)2-4(9)10/h2-5,8-9,12-14,19-20H,6-7,10-11H2,1H3;13H,1-2H2,(H,7,8)(H,9,10)(H,11,12). The Morgan fingerprint density at radius 2 is 1.71 bits per heavy atom. The third-order valence-corrected chi connectivity index (χ3v) is 7.32. The lowest BCUT2D eigenvalue weighted by Gasteiger charge is -2.37. The van der Waals surface area contributed by atoms with Crippen molar-refractivity contribution in [3.05, 3.63) is 47.7 Å². The zero-order chi connectivity index (χ0) is 24.6. The van der Waals surface area contributed by atoms with Gasteiger partial charge in [0, 0.05) is 29.2 Å². The number of hydrogen-bond acceptors (Lipinski definition) is 5. The van der Waals surface area contributed by atoms with E-state index in [0.717, 1.165) is 11.8 Å². The molecule has 34 heavy (non-hydrogen) atoms. The van der Waals surface area contributed by atoms with E-state index in [1.807, 2.05) is 0 Å². The van der Waals surface area contributed by atoms with Gasteiger partial charge in [-0.1, -0.05) is 30.4 Å². The quantitative estimate of drug-likeness (QED) is 0.419. The van der Waals surface area contributed by atoms with Crippen LogP contribution in [0.25, 0.3) is 10.9 Å². The molecule has 1 aromatic carbocycles. The van der Waals surface area contributed by atoms with Crippen molar-refractivity contribution in [3.8, 4) is 0 Å². The summed E-state index contributed by atoms with van der Waals surface area (Å²) in [7, 11) is 0. The van der Waals surface area contributed by atoms with E-state index in [1.54, 1.807) is 5.56 Å². The number of para-hydroxylation sites is 1. The van der Waals surface area contributed by atoms with Gasteiger partial charge in [-0.3, -0.25) is 14.5 Å². The van der Waals surface area contributed by atoms with Gasteiger partial charge >= 0.3 is 17.9 Å². The number of aromatic amines is 1. The van der Waals surface area contributed by atoms with Gasteiger partial charge in [-0.15, -0.1) is 0 Å². The van der Waals surface area contributed by atoms with Crippen molar-refractivity contribution in [1.82, 2.24) is 9.88 Å². The first-order chi connectivity index (χ1) is 16.1. The van der Waals surface area contributed by atoms with Crippen molar-refractivity contribution >= 4 is 28.8 Å². The van der Waals surface area contributed by atoms with E-state index < -0.39 is 36.4 Å². The SMILES string of the molecule is CC1Cc2c([nH]c3ccccc23)C2C3CC=CCC3CN12.O=C(O)CC(O)(CC(=O)O)C(=O)O. The number of aliphatic hydroxyl groups is 1. The van der Waals surface area contributed by atoms with Crippen molar-refractivity contribution < 1.29 is 34.8 Å².